The average Bonchev–Trinajstić information content (AvgIpc) is 3.00. The first-order valence-electron chi connectivity index (χ1n) is 7.74. The third-order valence-corrected chi connectivity index (χ3v) is 3.48. The lowest BCUT2D eigenvalue weighted by molar-refractivity contribution is 0.0946. The van der Waals surface area contributed by atoms with Gasteiger partial charge in [-0.25, -0.2) is 0 Å². The molecule has 2 rings (SSSR count). The van der Waals surface area contributed by atoms with Gasteiger partial charge in [-0.3, -0.25) is 4.79 Å². The fourth-order valence-corrected chi connectivity index (χ4v) is 2.29. The Balaban J connectivity index is 0.00000139. The molecule has 5 heteroatoms. The van der Waals surface area contributed by atoms with E-state index in [1.54, 1.807) is 30.4 Å². The Hall–Kier alpha value is -1.97. The van der Waals surface area contributed by atoms with Crippen molar-refractivity contribution in [1.29, 1.82) is 0 Å². The lowest BCUT2D eigenvalue weighted by Crippen LogP contribution is -2.24. The van der Waals surface area contributed by atoms with Crippen LogP contribution in [0.15, 0.2) is 43.0 Å². The molecule has 0 aliphatic rings. The maximum absolute atomic E-state index is 12.2. The Labute approximate surface area is 152 Å². The second-order valence-electron chi connectivity index (χ2n) is 4.62. The Bertz CT molecular complexity index is 777. The number of carbonyl (C=O) groups is 1. The monoisotopic (exact) mass is 364 g/mol. The number of rotatable bonds is 5. The highest BCUT2D eigenvalue weighted by atomic mass is 35.5. The van der Waals surface area contributed by atoms with Crippen LogP contribution in [0.1, 0.15) is 29.9 Å². The van der Waals surface area contributed by atoms with Gasteiger partial charge in [0.1, 0.15) is 5.69 Å². The molecule has 0 fully saturated rings. The van der Waals surface area contributed by atoms with Gasteiger partial charge >= 0.3 is 0 Å². The molecule has 0 saturated carbocycles. The molecule has 128 valence electrons. The highest BCUT2D eigenvalue weighted by Crippen LogP contribution is 2.09. The lowest BCUT2D eigenvalue weighted by Gasteiger charge is -2.03. The van der Waals surface area contributed by atoms with Crippen LogP contribution in [-0.2, 0) is 6.54 Å². The standard InChI is InChI=1S/C17H16Cl2N2O.C2H6/c1-2-3-15-13(8-9-18)10-16(21-15)17(22)20-11-12-4-6-14(19)7-5-12;1-2/h2-8,10,21H,1,9,11H2,(H,20,22);1-2H3/b13-8-,15-3+;. The summed E-state index contributed by atoms with van der Waals surface area (Å²) in [7, 11) is 0. The van der Waals surface area contributed by atoms with Crippen LogP contribution in [0.3, 0.4) is 0 Å². The molecular weight excluding hydrogens is 343 g/mol. The number of allylic oxidation sites excluding steroid dienone is 1. The molecule has 0 bridgehead atoms. The van der Waals surface area contributed by atoms with E-state index < -0.39 is 0 Å². The minimum Gasteiger partial charge on any atom is -0.351 e. The predicted molar refractivity (Wildman–Crippen MR) is 104 cm³/mol. The number of benzene rings is 1. The third-order valence-electron chi connectivity index (χ3n) is 3.07. The number of hydrogen-bond donors (Lipinski definition) is 2. The first-order chi connectivity index (χ1) is 11.6. The quantitative estimate of drug-likeness (QED) is 0.782. The molecule has 1 aromatic heterocycles. The van der Waals surface area contributed by atoms with Gasteiger partial charge in [0.15, 0.2) is 0 Å². The van der Waals surface area contributed by atoms with Crippen molar-refractivity contribution in [3.05, 3.63) is 69.8 Å². The molecule has 0 atom stereocenters. The molecule has 0 saturated heterocycles. The van der Waals surface area contributed by atoms with Gasteiger partial charge in [-0.1, -0.05) is 56.3 Å². The van der Waals surface area contributed by atoms with E-state index in [0.717, 1.165) is 16.1 Å². The SMILES string of the molecule is C=C/C=c1/[nH]c(C(=O)NCc2ccc(Cl)cc2)c/c1=C/CCl.CC. The van der Waals surface area contributed by atoms with Crippen molar-refractivity contribution in [1.82, 2.24) is 10.3 Å². The van der Waals surface area contributed by atoms with Crippen molar-refractivity contribution in [2.45, 2.75) is 20.4 Å². The van der Waals surface area contributed by atoms with Gasteiger partial charge in [-0.05, 0) is 35.1 Å². The molecule has 0 unspecified atom stereocenters. The summed E-state index contributed by atoms with van der Waals surface area (Å²) in [5, 5.41) is 5.22. The van der Waals surface area contributed by atoms with Gasteiger partial charge in [0.05, 0.1) is 0 Å². The van der Waals surface area contributed by atoms with E-state index in [9.17, 15) is 4.79 Å². The molecule has 2 N–H and O–H groups in total. The number of amides is 1. The number of halogens is 2. The summed E-state index contributed by atoms with van der Waals surface area (Å²) >= 11 is 11.6. The van der Waals surface area contributed by atoms with Crippen LogP contribution in [0.2, 0.25) is 5.02 Å². The number of hydrogen-bond acceptors (Lipinski definition) is 1. The third kappa shape index (κ3) is 5.91. The van der Waals surface area contributed by atoms with Gasteiger partial charge in [-0.15, -0.1) is 11.6 Å². The zero-order valence-electron chi connectivity index (χ0n) is 13.9. The number of aromatic amines is 1. The van der Waals surface area contributed by atoms with Crippen molar-refractivity contribution in [3.63, 3.8) is 0 Å². The van der Waals surface area contributed by atoms with E-state index in [4.69, 9.17) is 23.2 Å². The van der Waals surface area contributed by atoms with E-state index in [0.29, 0.717) is 23.1 Å². The Morgan fingerprint density at radius 1 is 1.29 bits per heavy atom. The van der Waals surface area contributed by atoms with Crippen molar-refractivity contribution in [3.8, 4) is 0 Å². The van der Waals surface area contributed by atoms with Crippen molar-refractivity contribution in [2.75, 3.05) is 5.88 Å². The van der Waals surface area contributed by atoms with Crippen LogP contribution in [0.4, 0.5) is 0 Å². The topological polar surface area (TPSA) is 44.9 Å². The summed E-state index contributed by atoms with van der Waals surface area (Å²) in [5.41, 5.74) is 1.47. The highest BCUT2D eigenvalue weighted by molar-refractivity contribution is 6.30. The summed E-state index contributed by atoms with van der Waals surface area (Å²) in [4.78, 5) is 15.3. The minimum absolute atomic E-state index is 0.178. The Kier molecular flexibility index (Phi) is 8.98. The zero-order chi connectivity index (χ0) is 17.9. The van der Waals surface area contributed by atoms with E-state index in [-0.39, 0.29) is 5.91 Å². The van der Waals surface area contributed by atoms with E-state index in [1.807, 2.05) is 32.1 Å². The van der Waals surface area contributed by atoms with Gasteiger partial charge < -0.3 is 10.3 Å². The molecule has 1 heterocycles. The molecule has 24 heavy (non-hydrogen) atoms. The lowest BCUT2D eigenvalue weighted by atomic mass is 10.2. The van der Waals surface area contributed by atoms with E-state index in [1.165, 1.54) is 0 Å². The molecular formula is C19H22Cl2N2O. The van der Waals surface area contributed by atoms with Crippen LogP contribution in [0, 0.1) is 0 Å². The molecule has 0 aliphatic carbocycles. The number of aromatic nitrogens is 1. The summed E-state index contributed by atoms with van der Waals surface area (Å²) < 4.78 is 0. The zero-order valence-corrected chi connectivity index (χ0v) is 15.4. The molecule has 1 aromatic carbocycles. The van der Waals surface area contributed by atoms with Gasteiger partial charge in [0.2, 0.25) is 0 Å². The summed E-state index contributed by atoms with van der Waals surface area (Å²) in [6.07, 6.45) is 5.30. The number of nitrogens with one attached hydrogen (secondary N) is 2. The minimum atomic E-state index is -0.178. The van der Waals surface area contributed by atoms with Gasteiger partial charge in [0.25, 0.3) is 5.91 Å². The van der Waals surface area contributed by atoms with Crippen LogP contribution in [-0.4, -0.2) is 16.8 Å². The summed E-state index contributed by atoms with van der Waals surface area (Å²) in [6.45, 7) is 8.10. The highest BCUT2D eigenvalue weighted by Gasteiger charge is 2.07. The normalized spacial score (nSPS) is 11.7. The van der Waals surface area contributed by atoms with E-state index in [2.05, 4.69) is 16.9 Å². The largest absolute Gasteiger partial charge is 0.351 e. The maximum atomic E-state index is 12.2. The molecule has 2 aromatic rings. The molecule has 3 nitrogen and oxygen atoms in total. The Morgan fingerprint density at radius 3 is 2.54 bits per heavy atom. The van der Waals surface area contributed by atoms with Crippen molar-refractivity contribution in [2.24, 2.45) is 0 Å². The van der Waals surface area contributed by atoms with Gasteiger partial charge in [0, 0.05) is 22.8 Å². The number of alkyl halides is 1. The van der Waals surface area contributed by atoms with Crippen LogP contribution < -0.4 is 15.9 Å². The van der Waals surface area contributed by atoms with Crippen molar-refractivity contribution >= 4 is 41.3 Å². The summed E-state index contributed by atoms with van der Waals surface area (Å²) in [6, 6.07) is 9.11. The van der Waals surface area contributed by atoms with Gasteiger partial charge in [-0.2, -0.15) is 0 Å². The first-order valence-corrected chi connectivity index (χ1v) is 8.66. The second-order valence-corrected chi connectivity index (χ2v) is 5.37. The van der Waals surface area contributed by atoms with Crippen LogP contribution >= 0.6 is 23.2 Å². The molecule has 1 amide bonds. The summed E-state index contributed by atoms with van der Waals surface area (Å²) in [5.74, 6) is 0.199. The number of carbonyl (C=O) groups excluding carboxylic acids is 1. The van der Waals surface area contributed by atoms with Crippen molar-refractivity contribution < 1.29 is 4.79 Å². The van der Waals surface area contributed by atoms with Crippen LogP contribution in [0.25, 0.3) is 12.2 Å². The molecule has 0 aliphatic heterocycles. The predicted octanol–water partition coefficient (Wildman–Crippen LogP) is 3.61. The van der Waals surface area contributed by atoms with Crippen LogP contribution in [0.5, 0.6) is 0 Å². The first kappa shape index (κ1) is 20.1. The fourth-order valence-electron chi connectivity index (χ4n) is 2.00. The maximum Gasteiger partial charge on any atom is 0.267 e. The average molecular weight is 365 g/mol. The second kappa shape index (κ2) is 10.7. The van der Waals surface area contributed by atoms with E-state index >= 15 is 0 Å². The fraction of sp³-hybridized carbons (Fsp3) is 0.211. The smallest absolute Gasteiger partial charge is 0.267 e. The molecule has 0 radical (unpaired) electrons. The Morgan fingerprint density at radius 2 is 1.96 bits per heavy atom. The number of H-pyrrole nitrogens is 1. The molecule has 0 spiro atoms.